The highest BCUT2D eigenvalue weighted by Gasteiger charge is 2.25. The van der Waals surface area contributed by atoms with Gasteiger partial charge in [0.15, 0.2) is 17.5 Å². The van der Waals surface area contributed by atoms with Crippen molar-refractivity contribution in [3.05, 3.63) is 23.8 Å². The standard InChI is InChI=1S/C17H24F3N3O2.HI/c1-3-21-16(22-9-5-4-8-17(18,19)20)23(2)11-13-6-7-14-15(10-13)25-12-24-14;/h6-7,10H,3-5,8-9,11-12H2,1-2H3,(H,21,22);1H. The smallest absolute Gasteiger partial charge is 0.389 e. The molecule has 0 amide bonds. The van der Waals surface area contributed by atoms with E-state index < -0.39 is 12.6 Å². The van der Waals surface area contributed by atoms with Gasteiger partial charge in [0.25, 0.3) is 0 Å². The predicted molar refractivity (Wildman–Crippen MR) is 105 cm³/mol. The van der Waals surface area contributed by atoms with Crippen LogP contribution in [0.25, 0.3) is 0 Å². The summed E-state index contributed by atoms with van der Waals surface area (Å²) in [7, 11) is 1.89. The maximum Gasteiger partial charge on any atom is 0.389 e. The van der Waals surface area contributed by atoms with Crippen LogP contribution >= 0.6 is 24.0 Å². The molecule has 26 heavy (non-hydrogen) atoms. The van der Waals surface area contributed by atoms with Crippen LogP contribution in [-0.2, 0) is 6.54 Å². The van der Waals surface area contributed by atoms with Crippen LogP contribution in [-0.4, -0.2) is 44.0 Å². The van der Waals surface area contributed by atoms with E-state index in [0.29, 0.717) is 32.0 Å². The maximum absolute atomic E-state index is 12.2. The third-order valence-corrected chi connectivity index (χ3v) is 3.68. The van der Waals surface area contributed by atoms with Crippen LogP contribution in [0.2, 0.25) is 0 Å². The van der Waals surface area contributed by atoms with E-state index in [1.165, 1.54) is 0 Å². The number of halogens is 4. The molecule has 0 saturated heterocycles. The number of fused-ring (bicyclic) bond motifs is 1. The van der Waals surface area contributed by atoms with Gasteiger partial charge in [-0.1, -0.05) is 6.07 Å². The van der Waals surface area contributed by atoms with E-state index in [9.17, 15) is 13.2 Å². The van der Waals surface area contributed by atoms with Crippen molar-refractivity contribution in [1.29, 1.82) is 0 Å². The molecule has 1 aliphatic rings. The van der Waals surface area contributed by atoms with Gasteiger partial charge in [0, 0.05) is 33.1 Å². The van der Waals surface area contributed by atoms with Gasteiger partial charge in [-0.3, -0.25) is 4.99 Å². The highest BCUT2D eigenvalue weighted by molar-refractivity contribution is 14.0. The average Bonchev–Trinajstić information content (AvgIpc) is 3.00. The number of benzene rings is 1. The molecule has 0 aromatic heterocycles. The Morgan fingerprint density at radius 1 is 1.23 bits per heavy atom. The summed E-state index contributed by atoms with van der Waals surface area (Å²) in [5.74, 6) is 2.13. The average molecular weight is 487 g/mol. The lowest BCUT2D eigenvalue weighted by Crippen LogP contribution is -2.38. The molecule has 1 aliphatic heterocycles. The Labute approximate surface area is 169 Å². The number of unbranched alkanes of at least 4 members (excludes halogenated alkanes) is 1. The molecule has 0 fully saturated rings. The van der Waals surface area contributed by atoms with Gasteiger partial charge in [-0.25, -0.2) is 0 Å². The number of nitrogens with zero attached hydrogens (tertiary/aromatic N) is 2. The number of hydrogen-bond donors (Lipinski definition) is 1. The summed E-state index contributed by atoms with van der Waals surface area (Å²) in [5, 5.41) is 3.16. The zero-order chi connectivity index (χ0) is 18.3. The largest absolute Gasteiger partial charge is 0.454 e. The molecule has 9 heteroatoms. The monoisotopic (exact) mass is 487 g/mol. The van der Waals surface area contributed by atoms with Crippen molar-refractivity contribution in [2.24, 2.45) is 4.99 Å². The Morgan fingerprint density at radius 2 is 1.96 bits per heavy atom. The minimum absolute atomic E-state index is 0. The predicted octanol–water partition coefficient (Wildman–Crippen LogP) is 4.16. The fraction of sp³-hybridized carbons (Fsp3) is 0.588. The van der Waals surface area contributed by atoms with Crippen molar-refractivity contribution in [3.63, 3.8) is 0 Å². The second-order valence-electron chi connectivity index (χ2n) is 5.85. The molecule has 1 N–H and O–H groups in total. The van der Waals surface area contributed by atoms with E-state index in [1.807, 2.05) is 37.1 Å². The molecule has 148 valence electrons. The molecule has 0 aliphatic carbocycles. The zero-order valence-corrected chi connectivity index (χ0v) is 17.3. The topological polar surface area (TPSA) is 46.1 Å². The molecule has 0 saturated carbocycles. The lowest BCUT2D eigenvalue weighted by atomic mass is 10.2. The van der Waals surface area contributed by atoms with Gasteiger partial charge in [0.2, 0.25) is 6.79 Å². The second-order valence-corrected chi connectivity index (χ2v) is 5.85. The van der Waals surface area contributed by atoms with Gasteiger partial charge in [0.1, 0.15) is 0 Å². The normalized spacial score (nSPS) is 13.3. The van der Waals surface area contributed by atoms with Crippen LogP contribution in [0.15, 0.2) is 23.2 Å². The van der Waals surface area contributed by atoms with Gasteiger partial charge < -0.3 is 19.7 Å². The first-order chi connectivity index (χ1) is 11.9. The SMILES string of the molecule is CCNC(=NCCCCC(F)(F)F)N(C)Cc1ccc2c(c1)OCO2.I. The quantitative estimate of drug-likeness (QED) is 0.272. The fourth-order valence-corrected chi connectivity index (χ4v) is 2.48. The van der Waals surface area contributed by atoms with E-state index in [4.69, 9.17) is 9.47 Å². The van der Waals surface area contributed by atoms with Gasteiger partial charge in [-0.15, -0.1) is 24.0 Å². The summed E-state index contributed by atoms with van der Waals surface area (Å²) in [4.78, 5) is 6.35. The number of ether oxygens (including phenoxy) is 2. The molecule has 1 heterocycles. The molecule has 5 nitrogen and oxygen atoms in total. The first-order valence-electron chi connectivity index (χ1n) is 8.34. The van der Waals surface area contributed by atoms with Gasteiger partial charge >= 0.3 is 6.18 Å². The first kappa shape index (κ1) is 22.7. The molecule has 0 unspecified atom stereocenters. The van der Waals surface area contributed by atoms with Crippen LogP contribution < -0.4 is 14.8 Å². The van der Waals surface area contributed by atoms with Gasteiger partial charge in [0.05, 0.1) is 0 Å². The molecular formula is C17H25F3IN3O2. The van der Waals surface area contributed by atoms with E-state index in [2.05, 4.69) is 10.3 Å². The molecule has 1 aromatic carbocycles. The summed E-state index contributed by atoms with van der Waals surface area (Å²) in [6.45, 7) is 3.84. The molecule has 0 radical (unpaired) electrons. The summed E-state index contributed by atoms with van der Waals surface area (Å²) in [5.41, 5.74) is 1.04. The minimum Gasteiger partial charge on any atom is -0.454 e. The van der Waals surface area contributed by atoms with Crippen molar-refractivity contribution in [2.75, 3.05) is 26.9 Å². The van der Waals surface area contributed by atoms with E-state index >= 15 is 0 Å². The third-order valence-electron chi connectivity index (χ3n) is 3.68. The number of guanidine groups is 1. The Bertz CT molecular complexity index is 597. The molecule has 2 rings (SSSR count). The van der Waals surface area contributed by atoms with E-state index in [0.717, 1.165) is 17.1 Å². The molecule has 0 spiro atoms. The summed E-state index contributed by atoms with van der Waals surface area (Å²) < 4.78 is 47.1. The Hall–Kier alpha value is -1.39. The van der Waals surface area contributed by atoms with Crippen molar-refractivity contribution < 1.29 is 22.6 Å². The number of rotatable bonds is 7. The van der Waals surface area contributed by atoms with Crippen molar-refractivity contribution >= 4 is 29.9 Å². The highest BCUT2D eigenvalue weighted by Crippen LogP contribution is 2.32. The van der Waals surface area contributed by atoms with Crippen LogP contribution in [0.4, 0.5) is 13.2 Å². The summed E-state index contributed by atoms with van der Waals surface area (Å²) in [6, 6.07) is 5.75. The molecule has 1 aromatic rings. The highest BCUT2D eigenvalue weighted by atomic mass is 127. The summed E-state index contributed by atoms with van der Waals surface area (Å²) in [6.07, 6.45) is -4.35. The lowest BCUT2D eigenvalue weighted by Gasteiger charge is -2.22. The van der Waals surface area contributed by atoms with Gasteiger partial charge in [-0.2, -0.15) is 13.2 Å². The van der Waals surface area contributed by atoms with Crippen LogP contribution in [0, 0.1) is 0 Å². The zero-order valence-electron chi connectivity index (χ0n) is 14.9. The first-order valence-corrected chi connectivity index (χ1v) is 8.34. The van der Waals surface area contributed by atoms with Crippen LogP contribution in [0.3, 0.4) is 0 Å². The molecular weight excluding hydrogens is 462 g/mol. The number of hydrogen-bond acceptors (Lipinski definition) is 3. The van der Waals surface area contributed by atoms with Crippen molar-refractivity contribution in [3.8, 4) is 11.5 Å². The number of nitrogens with one attached hydrogen (secondary N) is 1. The third kappa shape index (κ3) is 7.46. The summed E-state index contributed by atoms with van der Waals surface area (Å²) >= 11 is 0. The van der Waals surface area contributed by atoms with Crippen molar-refractivity contribution in [1.82, 2.24) is 10.2 Å². The number of alkyl halides is 3. The van der Waals surface area contributed by atoms with Crippen LogP contribution in [0.5, 0.6) is 11.5 Å². The van der Waals surface area contributed by atoms with Gasteiger partial charge in [-0.05, 0) is 37.5 Å². The van der Waals surface area contributed by atoms with Crippen LogP contribution in [0.1, 0.15) is 31.7 Å². The van der Waals surface area contributed by atoms with Crippen molar-refractivity contribution in [2.45, 2.75) is 38.9 Å². The fourth-order valence-electron chi connectivity index (χ4n) is 2.48. The molecule has 0 atom stereocenters. The Morgan fingerprint density at radius 3 is 2.65 bits per heavy atom. The lowest BCUT2D eigenvalue weighted by molar-refractivity contribution is -0.135. The minimum atomic E-state index is -4.09. The van der Waals surface area contributed by atoms with E-state index in [1.54, 1.807) is 0 Å². The van der Waals surface area contributed by atoms with E-state index in [-0.39, 0.29) is 37.2 Å². The second kappa shape index (κ2) is 10.7. The molecule has 0 bridgehead atoms. The maximum atomic E-state index is 12.2. The Balaban J connectivity index is 0.00000338. The Kier molecular flexibility index (Phi) is 9.31. The number of aliphatic imine (C=N–C) groups is 1.